The summed E-state index contributed by atoms with van der Waals surface area (Å²) in [6, 6.07) is 0. The van der Waals surface area contributed by atoms with Crippen molar-refractivity contribution in [3.8, 4) is 0 Å². The predicted molar refractivity (Wildman–Crippen MR) is 103 cm³/mol. The van der Waals surface area contributed by atoms with E-state index < -0.39 is 11.9 Å². The van der Waals surface area contributed by atoms with E-state index in [4.69, 9.17) is 9.47 Å². The normalized spacial score (nSPS) is 34.5. The zero-order valence-corrected chi connectivity index (χ0v) is 16.8. The van der Waals surface area contributed by atoms with Crippen LogP contribution in [0.25, 0.3) is 0 Å². The number of rotatable bonds is 7. The Morgan fingerprint density at radius 3 is 2.11 bits per heavy atom. The number of hydrogen-bond donors (Lipinski definition) is 0. The summed E-state index contributed by atoms with van der Waals surface area (Å²) in [5, 5.41) is 0. The Hall–Kier alpha value is -2.17. The van der Waals surface area contributed by atoms with E-state index in [9.17, 15) is 14.4 Å². The van der Waals surface area contributed by atoms with E-state index in [1.807, 2.05) is 12.2 Å². The Bertz CT molecular complexity index is 802. The van der Waals surface area contributed by atoms with Gasteiger partial charge in [-0.1, -0.05) is 44.4 Å². The summed E-state index contributed by atoms with van der Waals surface area (Å²) >= 11 is 0. The van der Waals surface area contributed by atoms with Gasteiger partial charge in [0.05, 0.1) is 25.4 Å². The summed E-state index contributed by atoms with van der Waals surface area (Å²) in [6.07, 6.45) is 11.6. The third-order valence-electron chi connectivity index (χ3n) is 7.15. The van der Waals surface area contributed by atoms with Gasteiger partial charge in [-0.05, 0) is 36.2 Å². The zero-order chi connectivity index (χ0) is 20.0. The molecule has 150 valence electrons. The average Bonchev–Trinajstić information content (AvgIpc) is 2.97. The van der Waals surface area contributed by atoms with E-state index in [-0.39, 0.29) is 41.3 Å². The van der Waals surface area contributed by atoms with Crippen LogP contribution in [0.3, 0.4) is 0 Å². The minimum Gasteiger partial charge on any atom is -0.466 e. The number of ketones is 1. The molecule has 5 rings (SSSR count). The van der Waals surface area contributed by atoms with Crippen molar-refractivity contribution in [3.05, 3.63) is 34.9 Å². The number of Topliss-reactive ketones (excluding diaryl/α,β-unsaturated/α-hetero) is 1. The molecule has 0 spiro atoms. The summed E-state index contributed by atoms with van der Waals surface area (Å²) in [4.78, 5) is 38.0. The Balaban J connectivity index is 1.61. The molecule has 0 N–H and O–H groups in total. The van der Waals surface area contributed by atoms with E-state index in [2.05, 4.69) is 13.0 Å². The molecule has 28 heavy (non-hydrogen) atoms. The van der Waals surface area contributed by atoms with Crippen molar-refractivity contribution in [2.45, 2.75) is 39.0 Å². The molecule has 0 amide bonds. The highest BCUT2D eigenvalue weighted by molar-refractivity contribution is 6.05. The Kier molecular flexibility index (Phi) is 5.02. The Labute approximate surface area is 165 Å². The van der Waals surface area contributed by atoms with Gasteiger partial charge < -0.3 is 9.47 Å². The van der Waals surface area contributed by atoms with Crippen LogP contribution < -0.4 is 0 Å². The van der Waals surface area contributed by atoms with Gasteiger partial charge >= 0.3 is 11.9 Å². The molecular weight excluding hydrogens is 356 g/mol. The first-order chi connectivity index (χ1) is 13.5. The second-order valence-corrected chi connectivity index (χ2v) is 8.37. The molecule has 5 nitrogen and oxygen atoms in total. The van der Waals surface area contributed by atoms with Crippen LogP contribution in [0.4, 0.5) is 0 Å². The smallest absolute Gasteiger partial charge is 0.334 e. The minimum absolute atomic E-state index is 0.0533. The van der Waals surface area contributed by atoms with Gasteiger partial charge in [0.2, 0.25) is 0 Å². The van der Waals surface area contributed by atoms with E-state index in [1.54, 1.807) is 0 Å². The number of hydrogen-bond acceptors (Lipinski definition) is 5. The van der Waals surface area contributed by atoms with Crippen molar-refractivity contribution in [1.82, 2.24) is 0 Å². The maximum Gasteiger partial charge on any atom is 0.334 e. The highest BCUT2D eigenvalue weighted by Gasteiger charge is 2.65. The van der Waals surface area contributed by atoms with Crippen molar-refractivity contribution < 1.29 is 23.9 Å². The lowest BCUT2D eigenvalue weighted by Crippen LogP contribution is -2.59. The fraction of sp³-hybridized carbons (Fsp3) is 0.609. The van der Waals surface area contributed by atoms with E-state index in [0.29, 0.717) is 11.1 Å². The number of carbonyl (C=O) groups is 3. The average molecular weight is 384 g/mol. The predicted octanol–water partition coefficient (Wildman–Crippen LogP) is 3.40. The van der Waals surface area contributed by atoms with Crippen LogP contribution in [0.15, 0.2) is 34.9 Å². The summed E-state index contributed by atoms with van der Waals surface area (Å²) < 4.78 is 9.96. The van der Waals surface area contributed by atoms with Crippen molar-refractivity contribution in [2.75, 3.05) is 14.2 Å². The van der Waals surface area contributed by atoms with Gasteiger partial charge in [-0.2, -0.15) is 0 Å². The molecule has 0 aliphatic heterocycles. The molecule has 0 aromatic carbocycles. The van der Waals surface area contributed by atoms with Gasteiger partial charge in [0.1, 0.15) is 0 Å². The molecule has 6 atom stereocenters. The van der Waals surface area contributed by atoms with Crippen molar-refractivity contribution in [1.29, 1.82) is 0 Å². The lowest BCUT2D eigenvalue weighted by molar-refractivity contribution is -0.146. The fourth-order valence-electron chi connectivity index (χ4n) is 5.97. The van der Waals surface area contributed by atoms with Crippen LogP contribution in [-0.4, -0.2) is 31.9 Å². The summed E-state index contributed by atoms with van der Waals surface area (Å²) in [7, 11) is 2.67. The van der Waals surface area contributed by atoms with Gasteiger partial charge in [-0.15, -0.1) is 0 Å². The number of unbranched alkanes of at least 4 members (excludes halogenated alkanes) is 3. The number of ether oxygens (including phenoxy) is 2. The van der Waals surface area contributed by atoms with Gasteiger partial charge in [-0.3, -0.25) is 4.79 Å². The number of esters is 2. The molecule has 0 saturated heterocycles. The van der Waals surface area contributed by atoms with Crippen molar-refractivity contribution in [2.24, 2.45) is 35.5 Å². The van der Waals surface area contributed by atoms with E-state index >= 15 is 0 Å². The minimum atomic E-state index is -0.486. The summed E-state index contributed by atoms with van der Waals surface area (Å²) in [6.45, 7) is 2.18. The lowest BCUT2D eigenvalue weighted by Gasteiger charge is -2.58. The number of carbonyl (C=O) groups excluding carboxylic acids is 3. The third-order valence-corrected chi connectivity index (χ3v) is 7.15. The molecule has 0 radical (unpaired) electrons. The van der Waals surface area contributed by atoms with Crippen LogP contribution in [0, 0.1) is 35.5 Å². The molecule has 0 aromatic heterocycles. The second-order valence-electron chi connectivity index (χ2n) is 8.37. The van der Waals surface area contributed by atoms with Gasteiger partial charge in [0.25, 0.3) is 0 Å². The van der Waals surface area contributed by atoms with E-state index in [0.717, 1.165) is 24.8 Å². The topological polar surface area (TPSA) is 69.7 Å². The third kappa shape index (κ3) is 2.62. The standard InChI is InChI=1S/C23H28O5/c1-4-5-6-7-8-12-11-15-16-13-9-10-14(17(16)18(15)21(12)24)20(23(26)28-3)19(13)22(25)27-2/h9-11,13-18H,4-8H2,1-3H3/t13-,14+,15?,16-,17-,18?/m1/s1. The van der Waals surface area contributed by atoms with Crippen molar-refractivity contribution in [3.63, 3.8) is 0 Å². The van der Waals surface area contributed by atoms with Crippen molar-refractivity contribution >= 4 is 17.7 Å². The van der Waals surface area contributed by atoms with Crippen LogP contribution in [-0.2, 0) is 23.9 Å². The summed E-state index contributed by atoms with van der Waals surface area (Å²) in [5.41, 5.74) is 1.78. The number of methoxy groups -OCH3 is 2. The highest BCUT2D eigenvalue weighted by atomic mass is 16.5. The fourth-order valence-corrected chi connectivity index (χ4v) is 5.97. The maximum absolute atomic E-state index is 13.1. The van der Waals surface area contributed by atoms with Crippen LogP contribution in [0.2, 0.25) is 0 Å². The molecule has 1 saturated carbocycles. The number of fused-ring (bicyclic) bond motifs is 1. The van der Waals surface area contributed by atoms with Gasteiger partial charge in [0, 0.05) is 17.8 Å². The molecule has 5 aliphatic rings. The van der Waals surface area contributed by atoms with Crippen LogP contribution in [0.1, 0.15) is 39.0 Å². The quantitative estimate of drug-likeness (QED) is 0.382. The first-order valence-corrected chi connectivity index (χ1v) is 10.4. The SMILES string of the molecule is CCCCCCC1=CC2C(C1=O)[C@H]1[C@@H]2[C@H]2C=C[C@@H]1C(C(=O)OC)=C2C(=O)OC. The Morgan fingerprint density at radius 2 is 1.54 bits per heavy atom. The summed E-state index contributed by atoms with van der Waals surface area (Å²) in [5.74, 6) is -0.713. The molecule has 1 fully saturated rings. The molecule has 2 unspecified atom stereocenters. The zero-order valence-electron chi connectivity index (χ0n) is 16.8. The monoisotopic (exact) mass is 384 g/mol. The maximum atomic E-state index is 13.1. The van der Waals surface area contributed by atoms with E-state index in [1.165, 1.54) is 27.1 Å². The number of allylic oxidation sites excluding steroid dienone is 4. The lowest BCUT2D eigenvalue weighted by atomic mass is 9.43. The first-order valence-electron chi connectivity index (χ1n) is 10.4. The highest BCUT2D eigenvalue weighted by Crippen LogP contribution is 2.66. The molecule has 5 aliphatic carbocycles. The largest absolute Gasteiger partial charge is 0.466 e. The van der Waals surface area contributed by atoms with Gasteiger partial charge in [0.15, 0.2) is 5.78 Å². The second kappa shape index (κ2) is 7.34. The molecule has 0 heterocycles. The molecular formula is C23H28O5. The molecule has 5 heteroatoms. The van der Waals surface area contributed by atoms with Gasteiger partial charge in [-0.25, -0.2) is 9.59 Å². The molecule has 0 aromatic rings. The van der Waals surface area contributed by atoms with Crippen LogP contribution in [0.5, 0.6) is 0 Å². The molecule has 2 bridgehead atoms. The Morgan fingerprint density at radius 1 is 0.929 bits per heavy atom. The first kappa shape index (κ1) is 19.2. The van der Waals surface area contributed by atoms with Crippen LogP contribution >= 0.6 is 0 Å².